The van der Waals surface area contributed by atoms with E-state index in [1.807, 2.05) is 11.3 Å². The second-order valence-electron chi connectivity index (χ2n) is 5.53. The van der Waals surface area contributed by atoms with Gasteiger partial charge in [0.25, 0.3) is 0 Å². The fourth-order valence-corrected chi connectivity index (χ4v) is 4.00. The molecule has 1 saturated carbocycles. The molecule has 3 heteroatoms. The molecule has 0 amide bonds. The van der Waals surface area contributed by atoms with Gasteiger partial charge in [-0.05, 0) is 52.1 Å². The minimum Gasteiger partial charge on any atom is -0.309 e. The van der Waals surface area contributed by atoms with E-state index in [-0.39, 0.29) is 0 Å². The fraction of sp³-hybridized carbons (Fsp3) is 0.692. The second-order valence-corrected chi connectivity index (χ2v) is 7.39. The van der Waals surface area contributed by atoms with E-state index in [9.17, 15) is 0 Å². The molecule has 1 aliphatic carbocycles. The highest BCUT2D eigenvalue weighted by Gasteiger charge is 2.27. The molecule has 0 aliphatic heterocycles. The molecule has 16 heavy (non-hydrogen) atoms. The van der Waals surface area contributed by atoms with Crippen molar-refractivity contribution in [2.45, 2.75) is 52.1 Å². The monoisotopic (exact) mass is 301 g/mol. The Morgan fingerprint density at radius 2 is 2.38 bits per heavy atom. The van der Waals surface area contributed by atoms with Crippen molar-refractivity contribution in [2.75, 3.05) is 0 Å². The third-order valence-electron chi connectivity index (χ3n) is 3.45. The number of halogens is 1. The van der Waals surface area contributed by atoms with Crippen LogP contribution in [0.5, 0.6) is 0 Å². The molecule has 1 nitrogen and oxygen atoms in total. The Morgan fingerprint density at radius 3 is 3.00 bits per heavy atom. The van der Waals surface area contributed by atoms with Crippen molar-refractivity contribution in [1.29, 1.82) is 0 Å². The minimum absolute atomic E-state index is 0.530. The highest BCUT2D eigenvalue weighted by molar-refractivity contribution is 9.10. The van der Waals surface area contributed by atoms with Gasteiger partial charge in [0, 0.05) is 21.9 Å². The van der Waals surface area contributed by atoms with E-state index in [0.717, 1.165) is 6.54 Å². The van der Waals surface area contributed by atoms with E-state index in [1.165, 1.54) is 35.0 Å². The van der Waals surface area contributed by atoms with Crippen molar-refractivity contribution in [3.8, 4) is 0 Å². The average molecular weight is 302 g/mol. The predicted octanol–water partition coefficient (Wildman–Crippen LogP) is 4.57. The molecule has 1 aromatic rings. The van der Waals surface area contributed by atoms with Gasteiger partial charge in [-0.2, -0.15) is 0 Å². The molecular formula is C13H20BrNS. The van der Waals surface area contributed by atoms with Crippen molar-refractivity contribution in [3.63, 3.8) is 0 Å². The number of nitrogens with one attached hydrogen (secondary N) is 1. The lowest BCUT2D eigenvalue weighted by atomic mass is 9.75. The lowest BCUT2D eigenvalue weighted by Crippen LogP contribution is -2.36. The largest absolute Gasteiger partial charge is 0.309 e. The van der Waals surface area contributed by atoms with Crippen LogP contribution in [0.1, 0.15) is 44.4 Å². The van der Waals surface area contributed by atoms with Crippen molar-refractivity contribution >= 4 is 27.3 Å². The molecule has 1 atom stereocenters. The Kier molecular flexibility index (Phi) is 4.09. The normalized spacial score (nSPS) is 24.6. The first-order valence-corrected chi connectivity index (χ1v) is 7.69. The molecule has 1 fully saturated rings. The molecular weight excluding hydrogens is 282 g/mol. The van der Waals surface area contributed by atoms with Crippen LogP contribution in [0.2, 0.25) is 0 Å². The van der Waals surface area contributed by atoms with Crippen LogP contribution in [0, 0.1) is 5.41 Å². The van der Waals surface area contributed by atoms with Crippen molar-refractivity contribution < 1.29 is 0 Å². The van der Waals surface area contributed by atoms with Crippen LogP contribution >= 0.6 is 27.3 Å². The van der Waals surface area contributed by atoms with E-state index in [4.69, 9.17) is 0 Å². The molecule has 0 bridgehead atoms. The molecule has 2 rings (SSSR count). The smallest absolute Gasteiger partial charge is 0.0327 e. The molecule has 1 aromatic heterocycles. The van der Waals surface area contributed by atoms with Crippen LogP contribution in [0.4, 0.5) is 0 Å². The summed E-state index contributed by atoms with van der Waals surface area (Å²) in [7, 11) is 0. The van der Waals surface area contributed by atoms with Gasteiger partial charge in [0.15, 0.2) is 0 Å². The summed E-state index contributed by atoms with van der Waals surface area (Å²) in [6, 6.07) is 2.84. The zero-order valence-electron chi connectivity index (χ0n) is 10.1. The van der Waals surface area contributed by atoms with Gasteiger partial charge in [-0.15, -0.1) is 11.3 Å². The zero-order chi connectivity index (χ0) is 11.6. The standard InChI is InChI=1S/C13H20BrNS/c1-13(2)6-3-4-10(8-13)15-9-12-11(14)5-7-16-12/h5,7,10,15H,3-4,6,8-9H2,1-2H3. The Bertz CT molecular complexity index is 345. The lowest BCUT2D eigenvalue weighted by Gasteiger charge is -2.35. The molecule has 0 radical (unpaired) electrons. The first-order chi connectivity index (χ1) is 7.57. The van der Waals surface area contributed by atoms with Gasteiger partial charge in [0.05, 0.1) is 0 Å². The molecule has 1 heterocycles. The third-order valence-corrected chi connectivity index (χ3v) is 5.37. The van der Waals surface area contributed by atoms with Gasteiger partial charge in [0.1, 0.15) is 0 Å². The predicted molar refractivity (Wildman–Crippen MR) is 74.9 cm³/mol. The lowest BCUT2D eigenvalue weighted by molar-refractivity contribution is 0.198. The maximum absolute atomic E-state index is 3.70. The molecule has 0 saturated heterocycles. The van der Waals surface area contributed by atoms with Gasteiger partial charge in [0.2, 0.25) is 0 Å². The maximum atomic E-state index is 3.70. The third kappa shape index (κ3) is 3.31. The maximum Gasteiger partial charge on any atom is 0.0327 e. The van der Waals surface area contributed by atoms with E-state index in [1.54, 1.807) is 0 Å². The van der Waals surface area contributed by atoms with Crippen molar-refractivity contribution in [1.82, 2.24) is 5.32 Å². The summed E-state index contributed by atoms with van der Waals surface area (Å²) < 4.78 is 1.25. The topological polar surface area (TPSA) is 12.0 Å². The van der Waals surface area contributed by atoms with E-state index in [2.05, 4.69) is 46.5 Å². The van der Waals surface area contributed by atoms with E-state index in [0.29, 0.717) is 11.5 Å². The molecule has 1 aliphatic rings. The Hall–Kier alpha value is 0.140. The Morgan fingerprint density at radius 1 is 1.56 bits per heavy atom. The zero-order valence-corrected chi connectivity index (χ0v) is 12.5. The fourth-order valence-electron chi connectivity index (χ4n) is 2.56. The van der Waals surface area contributed by atoms with Gasteiger partial charge in [-0.25, -0.2) is 0 Å². The first-order valence-electron chi connectivity index (χ1n) is 6.02. The quantitative estimate of drug-likeness (QED) is 0.862. The Labute approximate surface area is 111 Å². The van der Waals surface area contributed by atoms with Crippen LogP contribution in [-0.4, -0.2) is 6.04 Å². The summed E-state index contributed by atoms with van der Waals surface area (Å²) in [4.78, 5) is 1.42. The summed E-state index contributed by atoms with van der Waals surface area (Å²) in [5, 5.41) is 5.85. The highest BCUT2D eigenvalue weighted by atomic mass is 79.9. The average Bonchev–Trinajstić information content (AvgIpc) is 2.60. The second kappa shape index (κ2) is 5.19. The summed E-state index contributed by atoms with van der Waals surface area (Å²) in [5.41, 5.74) is 0.530. The highest BCUT2D eigenvalue weighted by Crippen LogP contribution is 2.35. The first kappa shape index (κ1) is 12.6. The van der Waals surface area contributed by atoms with E-state index < -0.39 is 0 Å². The van der Waals surface area contributed by atoms with Gasteiger partial charge in [-0.1, -0.05) is 20.3 Å². The van der Waals surface area contributed by atoms with Crippen molar-refractivity contribution in [2.24, 2.45) is 5.41 Å². The number of hydrogen-bond acceptors (Lipinski definition) is 2. The summed E-state index contributed by atoms with van der Waals surface area (Å²) in [5.74, 6) is 0. The molecule has 0 aromatic carbocycles. The molecule has 0 spiro atoms. The van der Waals surface area contributed by atoms with Crippen LogP contribution in [0.15, 0.2) is 15.9 Å². The van der Waals surface area contributed by atoms with Gasteiger partial charge >= 0.3 is 0 Å². The SMILES string of the molecule is CC1(C)CCCC(NCc2sccc2Br)C1. The van der Waals surface area contributed by atoms with Gasteiger partial charge < -0.3 is 5.32 Å². The summed E-state index contributed by atoms with van der Waals surface area (Å²) >= 11 is 5.41. The van der Waals surface area contributed by atoms with Crippen LogP contribution in [0.25, 0.3) is 0 Å². The summed E-state index contributed by atoms with van der Waals surface area (Å²) in [6.45, 7) is 5.79. The number of hydrogen-bond donors (Lipinski definition) is 1. The molecule has 1 unspecified atom stereocenters. The van der Waals surface area contributed by atoms with Crippen LogP contribution < -0.4 is 5.32 Å². The van der Waals surface area contributed by atoms with E-state index >= 15 is 0 Å². The molecule has 90 valence electrons. The molecule has 1 N–H and O–H groups in total. The minimum atomic E-state index is 0.530. The van der Waals surface area contributed by atoms with Crippen LogP contribution in [-0.2, 0) is 6.54 Å². The summed E-state index contributed by atoms with van der Waals surface area (Å²) in [6.07, 6.45) is 5.41. The Balaban J connectivity index is 1.84. The number of thiophene rings is 1. The number of rotatable bonds is 3. The van der Waals surface area contributed by atoms with Gasteiger partial charge in [-0.3, -0.25) is 0 Å². The van der Waals surface area contributed by atoms with Crippen molar-refractivity contribution in [3.05, 3.63) is 20.8 Å². The van der Waals surface area contributed by atoms with Crippen LogP contribution in [0.3, 0.4) is 0 Å².